The van der Waals surface area contributed by atoms with Gasteiger partial charge in [0.05, 0.1) is 23.5 Å². The molecule has 0 aliphatic carbocycles. The first-order chi connectivity index (χ1) is 15.4. The van der Waals surface area contributed by atoms with Crippen LogP contribution in [0.25, 0.3) is 11.5 Å². The number of nitrogens with zero attached hydrogens (tertiary/aromatic N) is 3. The van der Waals surface area contributed by atoms with Gasteiger partial charge in [-0.2, -0.15) is 4.31 Å². The van der Waals surface area contributed by atoms with E-state index in [-0.39, 0.29) is 23.3 Å². The predicted molar refractivity (Wildman–Crippen MR) is 118 cm³/mol. The van der Waals surface area contributed by atoms with Crippen LogP contribution in [0.3, 0.4) is 0 Å². The Morgan fingerprint density at radius 3 is 2.62 bits per heavy atom. The first-order valence-corrected chi connectivity index (χ1v) is 11.7. The van der Waals surface area contributed by atoms with E-state index in [0.717, 1.165) is 6.42 Å². The van der Waals surface area contributed by atoms with Crippen LogP contribution in [0.15, 0.2) is 57.8 Å². The Morgan fingerprint density at radius 1 is 1.16 bits per heavy atom. The summed E-state index contributed by atoms with van der Waals surface area (Å²) in [4.78, 5) is 11.4. The van der Waals surface area contributed by atoms with Gasteiger partial charge in [0.2, 0.25) is 21.8 Å². The number of nitrogens with one attached hydrogen (secondary N) is 1. The molecule has 1 atom stereocenters. The minimum atomic E-state index is -3.69. The molecule has 1 unspecified atom stereocenters. The number of benzene rings is 2. The van der Waals surface area contributed by atoms with E-state index in [2.05, 4.69) is 15.5 Å². The van der Waals surface area contributed by atoms with E-state index in [1.165, 1.54) is 23.4 Å². The van der Waals surface area contributed by atoms with Crippen molar-refractivity contribution in [2.75, 3.05) is 25.5 Å². The van der Waals surface area contributed by atoms with Crippen molar-refractivity contribution in [2.45, 2.75) is 30.6 Å². The summed E-state index contributed by atoms with van der Waals surface area (Å²) < 4.78 is 39.0. The number of carbonyl (C=O) groups excluding carboxylic acids is 1. The van der Waals surface area contributed by atoms with Crippen LogP contribution in [0, 0.1) is 0 Å². The topological polar surface area (TPSA) is 115 Å². The van der Waals surface area contributed by atoms with Crippen molar-refractivity contribution >= 4 is 21.6 Å². The number of hydrogen-bond acceptors (Lipinski definition) is 7. The quantitative estimate of drug-likeness (QED) is 0.605. The Kier molecular flexibility index (Phi) is 6.24. The minimum Gasteiger partial charge on any atom is -0.496 e. The van der Waals surface area contributed by atoms with Gasteiger partial charge in [-0.1, -0.05) is 12.1 Å². The molecule has 1 aromatic heterocycles. The second-order valence-electron chi connectivity index (χ2n) is 7.55. The highest BCUT2D eigenvalue weighted by atomic mass is 32.2. The maximum atomic E-state index is 13.2. The second kappa shape index (κ2) is 9.09. The zero-order valence-corrected chi connectivity index (χ0v) is 18.6. The highest BCUT2D eigenvalue weighted by molar-refractivity contribution is 7.89. The fourth-order valence-electron chi connectivity index (χ4n) is 3.75. The van der Waals surface area contributed by atoms with E-state index in [1.54, 1.807) is 19.2 Å². The zero-order chi connectivity index (χ0) is 22.7. The lowest BCUT2D eigenvalue weighted by Gasteiger charge is -2.30. The molecular formula is C22H24N4O5S. The van der Waals surface area contributed by atoms with E-state index in [0.29, 0.717) is 41.7 Å². The Hall–Kier alpha value is -3.24. The van der Waals surface area contributed by atoms with Crippen molar-refractivity contribution in [1.29, 1.82) is 0 Å². The molecule has 168 valence electrons. The maximum absolute atomic E-state index is 13.2. The van der Waals surface area contributed by atoms with Crippen LogP contribution in [0.4, 0.5) is 5.69 Å². The molecule has 2 heterocycles. The molecule has 4 rings (SSSR count). The molecule has 3 aromatic rings. The maximum Gasteiger partial charge on any atom is 0.251 e. The summed E-state index contributed by atoms with van der Waals surface area (Å²) in [5.41, 5.74) is 1.23. The molecule has 1 aliphatic rings. The highest BCUT2D eigenvalue weighted by Crippen LogP contribution is 2.33. The number of anilines is 1. The van der Waals surface area contributed by atoms with E-state index in [1.807, 2.05) is 24.3 Å². The first-order valence-electron chi connectivity index (χ1n) is 10.2. The van der Waals surface area contributed by atoms with Gasteiger partial charge in [0, 0.05) is 25.7 Å². The Bertz CT molecular complexity index is 1210. The SMILES string of the molecule is COc1ccccc1-c1nnc(C2CCCN(S(=O)(=O)c3ccc(NC(C)=O)cc3)C2)o1. The molecule has 0 spiro atoms. The summed E-state index contributed by atoms with van der Waals surface area (Å²) in [6, 6.07) is 13.5. The molecular weight excluding hydrogens is 432 g/mol. The average molecular weight is 457 g/mol. The number of para-hydroxylation sites is 1. The average Bonchev–Trinajstić information content (AvgIpc) is 3.29. The first kappa shape index (κ1) is 22.0. The number of hydrogen-bond donors (Lipinski definition) is 1. The lowest BCUT2D eigenvalue weighted by Crippen LogP contribution is -2.39. The molecule has 1 fully saturated rings. The van der Waals surface area contributed by atoms with Crippen molar-refractivity contribution in [2.24, 2.45) is 0 Å². The van der Waals surface area contributed by atoms with Gasteiger partial charge in [-0.25, -0.2) is 8.42 Å². The van der Waals surface area contributed by atoms with Gasteiger partial charge in [-0.3, -0.25) is 4.79 Å². The molecule has 1 N–H and O–H groups in total. The molecule has 32 heavy (non-hydrogen) atoms. The van der Waals surface area contributed by atoms with Crippen molar-refractivity contribution in [3.05, 3.63) is 54.4 Å². The summed E-state index contributed by atoms with van der Waals surface area (Å²) in [6.07, 6.45) is 1.43. The Balaban J connectivity index is 1.52. The summed E-state index contributed by atoms with van der Waals surface area (Å²) >= 11 is 0. The number of ether oxygens (including phenoxy) is 1. The summed E-state index contributed by atoms with van der Waals surface area (Å²) in [5.74, 6) is 0.954. The summed E-state index contributed by atoms with van der Waals surface area (Å²) in [6.45, 7) is 2.07. The molecule has 2 aromatic carbocycles. The van der Waals surface area contributed by atoms with Crippen LogP contribution < -0.4 is 10.1 Å². The molecule has 1 aliphatic heterocycles. The third-order valence-electron chi connectivity index (χ3n) is 5.32. The van der Waals surface area contributed by atoms with Crippen LogP contribution >= 0.6 is 0 Å². The van der Waals surface area contributed by atoms with E-state index in [4.69, 9.17) is 9.15 Å². The van der Waals surface area contributed by atoms with Gasteiger partial charge >= 0.3 is 0 Å². The fraction of sp³-hybridized carbons (Fsp3) is 0.318. The van der Waals surface area contributed by atoms with Crippen molar-refractivity contribution in [3.63, 3.8) is 0 Å². The van der Waals surface area contributed by atoms with Crippen molar-refractivity contribution in [3.8, 4) is 17.2 Å². The van der Waals surface area contributed by atoms with Gasteiger partial charge < -0.3 is 14.5 Å². The van der Waals surface area contributed by atoms with Crippen molar-refractivity contribution in [1.82, 2.24) is 14.5 Å². The number of aromatic nitrogens is 2. The normalized spacial score (nSPS) is 17.1. The van der Waals surface area contributed by atoms with Crippen LogP contribution in [0.5, 0.6) is 5.75 Å². The summed E-state index contributed by atoms with van der Waals surface area (Å²) in [5, 5.41) is 11.0. The number of sulfonamides is 1. The van der Waals surface area contributed by atoms with Crippen LogP contribution in [0.1, 0.15) is 31.6 Å². The summed E-state index contributed by atoms with van der Waals surface area (Å²) in [7, 11) is -2.12. The molecule has 0 radical (unpaired) electrons. The third kappa shape index (κ3) is 4.51. The fourth-order valence-corrected chi connectivity index (χ4v) is 5.28. The lowest BCUT2D eigenvalue weighted by molar-refractivity contribution is -0.114. The van der Waals surface area contributed by atoms with Gasteiger partial charge in [0.1, 0.15) is 5.75 Å². The smallest absolute Gasteiger partial charge is 0.251 e. The van der Waals surface area contributed by atoms with Crippen molar-refractivity contribution < 1.29 is 22.4 Å². The zero-order valence-electron chi connectivity index (χ0n) is 17.8. The standard InChI is InChI=1S/C22H24N4O5S/c1-15(27)23-17-9-11-18(12-10-17)32(28,29)26-13-5-6-16(14-26)21-24-25-22(31-21)19-7-3-4-8-20(19)30-2/h3-4,7-12,16H,5-6,13-14H2,1-2H3,(H,23,27). The van der Waals surface area contributed by atoms with E-state index < -0.39 is 10.0 Å². The second-order valence-corrected chi connectivity index (χ2v) is 9.49. The number of amides is 1. The molecule has 1 amide bonds. The van der Waals surface area contributed by atoms with Gasteiger partial charge in [-0.05, 0) is 49.2 Å². The molecule has 1 saturated heterocycles. The van der Waals surface area contributed by atoms with Crippen LogP contribution in [0.2, 0.25) is 0 Å². The van der Waals surface area contributed by atoms with Gasteiger partial charge in [-0.15, -0.1) is 10.2 Å². The number of carbonyl (C=O) groups is 1. The van der Waals surface area contributed by atoms with E-state index in [9.17, 15) is 13.2 Å². The third-order valence-corrected chi connectivity index (χ3v) is 7.20. The monoisotopic (exact) mass is 456 g/mol. The molecule has 10 heteroatoms. The highest BCUT2D eigenvalue weighted by Gasteiger charge is 2.33. The predicted octanol–water partition coefficient (Wildman–Crippen LogP) is 3.27. The van der Waals surface area contributed by atoms with Gasteiger partial charge in [0.25, 0.3) is 5.89 Å². The minimum absolute atomic E-state index is 0.174. The number of piperidine rings is 1. The van der Waals surface area contributed by atoms with E-state index >= 15 is 0 Å². The van der Waals surface area contributed by atoms with Gasteiger partial charge in [0.15, 0.2) is 0 Å². The Morgan fingerprint density at radius 2 is 1.91 bits per heavy atom. The number of rotatable bonds is 6. The largest absolute Gasteiger partial charge is 0.496 e. The molecule has 9 nitrogen and oxygen atoms in total. The lowest BCUT2D eigenvalue weighted by atomic mass is 10.00. The molecule has 0 bridgehead atoms. The molecule has 0 saturated carbocycles. The number of methoxy groups -OCH3 is 1. The van der Waals surface area contributed by atoms with Crippen LogP contribution in [-0.4, -0.2) is 49.0 Å². The Labute approximate surface area is 186 Å². The van der Waals surface area contributed by atoms with Crippen LogP contribution in [-0.2, 0) is 14.8 Å².